The second-order valence-corrected chi connectivity index (χ2v) is 6.29. The summed E-state index contributed by atoms with van der Waals surface area (Å²) in [6.07, 6.45) is 0. The number of hydrogen-bond acceptors (Lipinski definition) is 3. The molecule has 26 heavy (non-hydrogen) atoms. The monoisotopic (exact) mass is 349 g/mol. The van der Waals surface area contributed by atoms with Gasteiger partial charge in [-0.15, -0.1) is 0 Å². The Morgan fingerprint density at radius 2 is 1.73 bits per heavy atom. The molecule has 0 aliphatic carbocycles. The first-order chi connectivity index (χ1) is 12.6. The predicted octanol–water partition coefficient (Wildman–Crippen LogP) is 4.31. The number of ether oxygens (including phenoxy) is 2. The van der Waals surface area contributed by atoms with Gasteiger partial charge in [0.25, 0.3) is 5.91 Å². The first-order valence-electron chi connectivity index (χ1n) is 8.60. The third kappa shape index (κ3) is 3.97. The van der Waals surface area contributed by atoms with E-state index in [0.29, 0.717) is 24.5 Å². The molecule has 0 spiro atoms. The standard InChI is InChI=1S/C22H23NO3/c1-16-7-6-10-19(13-16)26-12-11-23(2)22(24)20-14-17-8-4-5-9-18(17)15-21(20)25-3/h4-10,13-15H,11-12H2,1-3H3. The van der Waals surface area contributed by atoms with Gasteiger partial charge in [0.15, 0.2) is 0 Å². The summed E-state index contributed by atoms with van der Waals surface area (Å²) >= 11 is 0. The highest BCUT2D eigenvalue weighted by Crippen LogP contribution is 2.26. The maximum Gasteiger partial charge on any atom is 0.257 e. The lowest BCUT2D eigenvalue weighted by molar-refractivity contribution is 0.0770. The summed E-state index contributed by atoms with van der Waals surface area (Å²) in [5.41, 5.74) is 1.71. The maximum absolute atomic E-state index is 12.9. The lowest BCUT2D eigenvalue weighted by atomic mass is 10.0. The Morgan fingerprint density at radius 1 is 1.00 bits per heavy atom. The normalized spacial score (nSPS) is 10.6. The Kier molecular flexibility index (Phi) is 5.42. The van der Waals surface area contributed by atoms with Gasteiger partial charge in [0.1, 0.15) is 18.1 Å². The van der Waals surface area contributed by atoms with Gasteiger partial charge in [0, 0.05) is 7.05 Å². The maximum atomic E-state index is 12.9. The number of carbonyl (C=O) groups excluding carboxylic acids is 1. The van der Waals surface area contributed by atoms with Crippen LogP contribution in [0.25, 0.3) is 10.8 Å². The largest absolute Gasteiger partial charge is 0.496 e. The number of carbonyl (C=O) groups is 1. The van der Waals surface area contributed by atoms with Crippen molar-refractivity contribution in [2.24, 2.45) is 0 Å². The van der Waals surface area contributed by atoms with Gasteiger partial charge in [0.2, 0.25) is 0 Å². The summed E-state index contributed by atoms with van der Waals surface area (Å²) in [4.78, 5) is 14.5. The summed E-state index contributed by atoms with van der Waals surface area (Å²) in [5.74, 6) is 1.31. The van der Waals surface area contributed by atoms with Crippen LogP contribution in [-0.2, 0) is 0 Å². The van der Waals surface area contributed by atoms with Gasteiger partial charge in [-0.3, -0.25) is 4.79 Å². The number of aryl methyl sites for hydroxylation is 1. The molecule has 0 bridgehead atoms. The van der Waals surface area contributed by atoms with Crippen LogP contribution in [0.15, 0.2) is 60.7 Å². The van der Waals surface area contributed by atoms with Crippen LogP contribution in [0.5, 0.6) is 11.5 Å². The van der Waals surface area contributed by atoms with Crippen molar-refractivity contribution in [2.75, 3.05) is 27.3 Å². The fraction of sp³-hybridized carbons (Fsp3) is 0.227. The lowest BCUT2D eigenvalue weighted by Crippen LogP contribution is -2.31. The molecule has 1 amide bonds. The van der Waals surface area contributed by atoms with Gasteiger partial charge in [0.05, 0.1) is 19.2 Å². The molecule has 0 unspecified atom stereocenters. The van der Waals surface area contributed by atoms with E-state index in [0.717, 1.165) is 22.1 Å². The number of nitrogens with zero attached hydrogens (tertiary/aromatic N) is 1. The summed E-state index contributed by atoms with van der Waals surface area (Å²) in [5, 5.41) is 2.06. The van der Waals surface area contributed by atoms with Crippen molar-refractivity contribution in [1.29, 1.82) is 0 Å². The minimum absolute atomic E-state index is 0.0829. The van der Waals surface area contributed by atoms with Crippen LogP contribution in [0.1, 0.15) is 15.9 Å². The first kappa shape index (κ1) is 17.8. The van der Waals surface area contributed by atoms with E-state index in [-0.39, 0.29) is 5.91 Å². The minimum atomic E-state index is -0.0829. The number of likely N-dealkylation sites (N-methyl/N-ethyl adjacent to an activating group) is 1. The van der Waals surface area contributed by atoms with Crippen LogP contribution in [0.3, 0.4) is 0 Å². The number of rotatable bonds is 6. The van der Waals surface area contributed by atoms with Crippen LogP contribution < -0.4 is 9.47 Å². The van der Waals surface area contributed by atoms with E-state index in [2.05, 4.69) is 0 Å². The van der Waals surface area contributed by atoms with Crippen LogP contribution >= 0.6 is 0 Å². The van der Waals surface area contributed by atoms with Crippen molar-refractivity contribution in [3.63, 3.8) is 0 Å². The lowest BCUT2D eigenvalue weighted by Gasteiger charge is -2.19. The zero-order chi connectivity index (χ0) is 18.5. The van der Waals surface area contributed by atoms with Crippen molar-refractivity contribution >= 4 is 16.7 Å². The van der Waals surface area contributed by atoms with Gasteiger partial charge in [-0.25, -0.2) is 0 Å². The third-order valence-corrected chi connectivity index (χ3v) is 4.33. The van der Waals surface area contributed by atoms with Crippen molar-refractivity contribution < 1.29 is 14.3 Å². The first-order valence-corrected chi connectivity index (χ1v) is 8.60. The summed E-state index contributed by atoms with van der Waals surface area (Å²) < 4.78 is 11.2. The Hall–Kier alpha value is -3.01. The van der Waals surface area contributed by atoms with Gasteiger partial charge in [-0.2, -0.15) is 0 Å². The molecule has 0 aliphatic heterocycles. The Labute approximate surface area is 154 Å². The van der Waals surface area contributed by atoms with Gasteiger partial charge >= 0.3 is 0 Å². The second kappa shape index (κ2) is 7.91. The van der Waals surface area contributed by atoms with E-state index < -0.39 is 0 Å². The molecule has 0 atom stereocenters. The van der Waals surface area contributed by atoms with Gasteiger partial charge < -0.3 is 14.4 Å². The van der Waals surface area contributed by atoms with Crippen LogP contribution in [0.2, 0.25) is 0 Å². The highest BCUT2D eigenvalue weighted by molar-refractivity contribution is 6.01. The highest BCUT2D eigenvalue weighted by atomic mass is 16.5. The van der Waals surface area contributed by atoms with Crippen LogP contribution in [0.4, 0.5) is 0 Å². The molecule has 0 heterocycles. The summed E-state index contributed by atoms with van der Waals surface area (Å²) in [6, 6.07) is 19.6. The Morgan fingerprint density at radius 3 is 2.42 bits per heavy atom. The molecular weight excluding hydrogens is 326 g/mol. The van der Waals surface area contributed by atoms with Crippen molar-refractivity contribution in [3.05, 3.63) is 71.8 Å². The summed E-state index contributed by atoms with van der Waals surface area (Å²) in [7, 11) is 3.36. The molecule has 0 aromatic heterocycles. The molecule has 0 radical (unpaired) electrons. The van der Waals surface area contributed by atoms with Gasteiger partial charge in [-0.05, 0) is 47.5 Å². The quantitative estimate of drug-likeness (QED) is 0.666. The van der Waals surface area contributed by atoms with E-state index in [1.807, 2.05) is 67.6 Å². The van der Waals surface area contributed by atoms with Crippen LogP contribution in [0, 0.1) is 6.92 Å². The highest BCUT2D eigenvalue weighted by Gasteiger charge is 2.17. The number of amides is 1. The SMILES string of the molecule is COc1cc2ccccc2cc1C(=O)N(C)CCOc1cccc(C)c1. The fourth-order valence-electron chi connectivity index (χ4n) is 2.87. The van der Waals surface area contributed by atoms with E-state index >= 15 is 0 Å². The molecule has 3 aromatic rings. The zero-order valence-electron chi connectivity index (χ0n) is 15.4. The average Bonchev–Trinajstić information content (AvgIpc) is 2.66. The number of fused-ring (bicyclic) bond motifs is 1. The Bertz CT molecular complexity index is 920. The van der Waals surface area contributed by atoms with Crippen molar-refractivity contribution in [3.8, 4) is 11.5 Å². The minimum Gasteiger partial charge on any atom is -0.496 e. The number of benzene rings is 3. The zero-order valence-corrected chi connectivity index (χ0v) is 15.4. The molecule has 0 fully saturated rings. The molecule has 0 aliphatic rings. The van der Waals surface area contributed by atoms with E-state index in [1.54, 1.807) is 19.1 Å². The van der Waals surface area contributed by atoms with Crippen molar-refractivity contribution in [1.82, 2.24) is 4.90 Å². The average molecular weight is 349 g/mol. The molecule has 0 saturated carbocycles. The fourth-order valence-corrected chi connectivity index (χ4v) is 2.87. The summed E-state index contributed by atoms with van der Waals surface area (Å²) in [6.45, 7) is 2.94. The Balaban J connectivity index is 1.70. The van der Waals surface area contributed by atoms with Crippen molar-refractivity contribution in [2.45, 2.75) is 6.92 Å². The molecule has 0 saturated heterocycles. The van der Waals surface area contributed by atoms with E-state index in [4.69, 9.17) is 9.47 Å². The molecule has 134 valence electrons. The molecule has 3 aromatic carbocycles. The predicted molar refractivity (Wildman–Crippen MR) is 104 cm³/mol. The van der Waals surface area contributed by atoms with Crippen LogP contribution in [-0.4, -0.2) is 38.1 Å². The van der Waals surface area contributed by atoms with E-state index in [9.17, 15) is 4.79 Å². The third-order valence-electron chi connectivity index (χ3n) is 4.33. The molecule has 4 heteroatoms. The van der Waals surface area contributed by atoms with Gasteiger partial charge in [-0.1, -0.05) is 36.4 Å². The second-order valence-electron chi connectivity index (χ2n) is 6.29. The number of hydrogen-bond donors (Lipinski definition) is 0. The number of methoxy groups -OCH3 is 1. The molecular formula is C22H23NO3. The van der Waals surface area contributed by atoms with E-state index in [1.165, 1.54) is 0 Å². The smallest absolute Gasteiger partial charge is 0.257 e. The molecule has 3 rings (SSSR count). The molecule has 4 nitrogen and oxygen atoms in total. The molecule has 0 N–H and O–H groups in total. The topological polar surface area (TPSA) is 38.8 Å².